The van der Waals surface area contributed by atoms with Crippen LogP contribution in [0, 0.1) is 0 Å². The molecule has 1 atom stereocenters. The van der Waals surface area contributed by atoms with Crippen molar-refractivity contribution in [3.05, 3.63) is 23.8 Å². The van der Waals surface area contributed by atoms with Crippen molar-refractivity contribution in [2.45, 2.75) is 23.7 Å². The molecule has 1 aromatic rings. The SMILES string of the molecule is COc1cc(CO)ccc1S(=O)(=O)NCC(C)SC. The molecule has 0 amide bonds. The van der Waals surface area contributed by atoms with Crippen molar-refractivity contribution in [1.82, 2.24) is 4.72 Å². The Morgan fingerprint density at radius 2 is 2.16 bits per heavy atom. The van der Waals surface area contributed by atoms with E-state index in [-0.39, 0.29) is 22.5 Å². The molecule has 0 aliphatic carbocycles. The maximum Gasteiger partial charge on any atom is 0.244 e. The Hall–Kier alpha value is -0.760. The Balaban J connectivity index is 3.00. The molecule has 1 unspecified atom stereocenters. The molecule has 0 saturated carbocycles. The van der Waals surface area contributed by atoms with Gasteiger partial charge in [-0.1, -0.05) is 13.0 Å². The number of hydrogen-bond acceptors (Lipinski definition) is 5. The summed E-state index contributed by atoms with van der Waals surface area (Å²) in [7, 11) is -2.20. The first-order valence-electron chi connectivity index (χ1n) is 5.74. The molecule has 108 valence electrons. The molecule has 2 N–H and O–H groups in total. The van der Waals surface area contributed by atoms with E-state index in [9.17, 15) is 8.42 Å². The summed E-state index contributed by atoms with van der Waals surface area (Å²) in [5.74, 6) is 0.232. The van der Waals surface area contributed by atoms with Gasteiger partial charge < -0.3 is 9.84 Å². The van der Waals surface area contributed by atoms with Gasteiger partial charge in [0.2, 0.25) is 10.0 Å². The van der Waals surface area contributed by atoms with E-state index in [4.69, 9.17) is 9.84 Å². The van der Waals surface area contributed by atoms with Crippen LogP contribution in [0.25, 0.3) is 0 Å². The molecular formula is C12H19NO4S2. The number of nitrogens with one attached hydrogen (secondary N) is 1. The van der Waals surface area contributed by atoms with Crippen LogP contribution < -0.4 is 9.46 Å². The van der Waals surface area contributed by atoms with Gasteiger partial charge in [-0.3, -0.25) is 0 Å². The lowest BCUT2D eigenvalue weighted by atomic mass is 10.2. The van der Waals surface area contributed by atoms with Crippen molar-refractivity contribution in [1.29, 1.82) is 0 Å². The fraction of sp³-hybridized carbons (Fsp3) is 0.500. The summed E-state index contributed by atoms with van der Waals surface area (Å²) in [6.45, 7) is 2.14. The third-order valence-electron chi connectivity index (χ3n) is 2.66. The third-order valence-corrected chi connectivity index (χ3v) is 5.10. The average Bonchev–Trinajstić information content (AvgIpc) is 2.43. The van der Waals surface area contributed by atoms with Crippen LogP contribution in [0.5, 0.6) is 5.75 Å². The van der Waals surface area contributed by atoms with Gasteiger partial charge in [-0.05, 0) is 24.0 Å². The molecule has 0 fully saturated rings. The van der Waals surface area contributed by atoms with E-state index in [2.05, 4.69) is 4.72 Å². The lowest BCUT2D eigenvalue weighted by Crippen LogP contribution is -2.29. The highest BCUT2D eigenvalue weighted by atomic mass is 32.2. The summed E-state index contributed by atoms with van der Waals surface area (Å²) in [5, 5.41) is 9.23. The highest BCUT2D eigenvalue weighted by Crippen LogP contribution is 2.25. The minimum Gasteiger partial charge on any atom is -0.495 e. The Morgan fingerprint density at radius 1 is 1.47 bits per heavy atom. The van der Waals surface area contributed by atoms with Gasteiger partial charge in [-0.25, -0.2) is 13.1 Å². The van der Waals surface area contributed by atoms with E-state index in [0.717, 1.165) is 0 Å². The number of aliphatic hydroxyl groups excluding tert-OH is 1. The van der Waals surface area contributed by atoms with E-state index in [1.54, 1.807) is 17.8 Å². The van der Waals surface area contributed by atoms with Gasteiger partial charge >= 0.3 is 0 Å². The molecule has 0 aliphatic rings. The Labute approximate surface area is 118 Å². The minimum atomic E-state index is -3.60. The number of hydrogen-bond donors (Lipinski definition) is 2. The van der Waals surface area contributed by atoms with Gasteiger partial charge in [0, 0.05) is 11.8 Å². The molecule has 0 heterocycles. The normalized spacial score (nSPS) is 13.3. The topological polar surface area (TPSA) is 75.6 Å². The summed E-state index contributed by atoms with van der Waals surface area (Å²) in [6, 6.07) is 4.53. The van der Waals surface area contributed by atoms with Crippen LogP contribution in [0.3, 0.4) is 0 Å². The van der Waals surface area contributed by atoms with Gasteiger partial charge in [0.1, 0.15) is 10.6 Å². The second-order valence-electron chi connectivity index (χ2n) is 4.04. The third kappa shape index (κ3) is 4.38. The van der Waals surface area contributed by atoms with E-state index in [1.807, 2.05) is 13.2 Å². The molecule has 0 aromatic heterocycles. The lowest BCUT2D eigenvalue weighted by Gasteiger charge is -2.13. The highest BCUT2D eigenvalue weighted by molar-refractivity contribution is 7.99. The monoisotopic (exact) mass is 305 g/mol. The average molecular weight is 305 g/mol. The minimum absolute atomic E-state index is 0.0838. The Bertz CT molecular complexity index is 516. The second-order valence-corrected chi connectivity index (χ2v) is 7.05. The Morgan fingerprint density at radius 3 is 2.68 bits per heavy atom. The number of rotatable bonds is 7. The summed E-state index contributed by atoms with van der Waals surface area (Å²) >= 11 is 1.59. The van der Waals surface area contributed by atoms with Crippen molar-refractivity contribution in [3.63, 3.8) is 0 Å². The fourth-order valence-electron chi connectivity index (χ4n) is 1.42. The van der Waals surface area contributed by atoms with Crippen LogP contribution in [-0.4, -0.2) is 38.7 Å². The van der Waals surface area contributed by atoms with Crippen molar-refractivity contribution in [2.24, 2.45) is 0 Å². The number of aliphatic hydroxyl groups is 1. The van der Waals surface area contributed by atoms with Crippen LogP contribution >= 0.6 is 11.8 Å². The van der Waals surface area contributed by atoms with Crippen molar-refractivity contribution < 1.29 is 18.3 Å². The molecular weight excluding hydrogens is 286 g/mol. The maximum atomic E-state index is 12.2. The molecule has 0 bridgehead atoms. The first-order chi connectivity index (χ1) is 8.94. The predicted molar refractivity (Wildman–Crippen MR) is 77.1 cm³/mol. The van der Waals surface area contributed by atoms with E-state index < -0.39 is 10.0 Å². The molecule has 0 spiro atoms. The summed E-state index contributed by atoms with van der Waals surface area (Å²) < 4.78 is 32.0. The number of sulfonamides is 1. The van der Waals surface area contributed by atoms with Crippen LogP contribution in [0.1, 0.15) is 12.5 Å². The number of ether oxygens (including phenoxy) is 1. The van der Waals surface area contributed by atoms with Crippen LogP contribution in [-0.2, 0) is 16.6 Å². The van der Waals surface area contributed by atoms with Crippen LogP contribution in [0.2, 0.25) is 0 Å². The molecule has 0 radical (unpaired) electrons. The zero-order valence-electron chi connectivity index (χ0n) is 11.2. The molecule has 19 heavy (non-hydrogen) atoms. The second kappa shape index (κ2) is 7.14. The Kier molecular flexibility index (Phi) is 6.12. The van der Waals surface area contributed by atoms with Gasteiger partial charge in [-0.2, -0.15) is 11.8 Å². The van der Waals surface area contributed by atoms with E-state index >= 15 is 0 Å². The van der Waals surface area contributed by atoms with E-state index in [0.29, 0.717) is 12.1 Å². The summed E-state index contributed by atoms with van der Waals surface area (Å²) in [6.07, 6.45) is 1.93. The molecule has 1 rings (SSSR count). The predicted octanol–water partition coefficient (Wildman–Crippen LogP) is 1.22. The molecule has 0 saturated heterocycles. The smallest absolute Gasteiger partial charge is 0.244 e. The summed E-state index contributed by atoms with van der Waals surface area (Å²) in [5.41, 5.74) is 0.605. The molecule has 7 heteroatoms. The quantitative estimate of drug-likeness (QED) is 0.792. The van der Waals surface area contributed by atoms with Crippen molar-refractivity contribution in [3.8, 4) is 5.75 Å². The van der Waals surface area contributed by atoms with Crippen LogP contribution in [0.15, 0.2) is 23.1 Å². The fourth-order valence-corrected chi connectivity index (χ4v) is 3.06. The van der Waals surface area contributed by atoms with E-state index in [1.165, 1.54) is 19.2 Å². The van der Waals surface area contributed by atoms with Gasteiger partial charge in [0.25, 0.3) is 0 Å². The molecule has 1 aromatic carbocycles. The summed E-state index contributed by atoms with van der Waals surface area (Å²) in [4.78, 5) is 0.0838. The highest BCUT2D eigenvalue weighted by Gasteiger charge is 2.20. The van der Waals surface area contributed by atoms with Crippen molar-refractivity contribution in [2.75, 3.05) is 19.9 Å². The van der Waals surface area contributed by atoms with Gasteiger partial charge in [0.05, 0.1) is 13.7 Å². The zero-order valence-corrected chi connectivity index (χ0v) is 12.8. The van der Waals surface area contributed by atoms with Gasteiger partial charge in [-0.15, -0.1) is 0 Å². The number of thioether (sulfide) groups is 1. The molecule has 5 nitrogen and oxygen atoms in total. The lowest BCUT2D eigenvalue weighted by molar-refractivity contribution is 0.280. The van der Waals surface area contributed by atoms with Gasteiger partial charge in [0.15, 0.2) is 0 Å². The standard InChI is InChI=1S/C12H19NO4S2/c1-9(18-3)7-13-19(15,16)12-5-4-10(8-14)6-11(12)17-2/h4-6,9,13-14H,7-8H2,1-3H3. The first kappa shape index (κ1) is 16.3. The zero-order chi connectivity index (χ0) is 14.5. The van der Waals surface area contributed by atoms with Crippen molar-refractivity contribution >= 4 is 21.8 Å². The largest absolute Gasteiger partial charge is 0.495 e. The number of benzene rings is 1. The first-order valence-corrected chi connectivity index (χ1v) is 8.52. The van der Waals surface area contributed by atoms with Crippen LogP contribution in [0.4, 0.5) is 0 Å². The number of methoxy groups -OCH3 is 1. The maximum absolute atomic E-state index is 12.2. The molecule has 0 aliphatic heterocycles.